The maximum absolute atomic E-state index is 12.4. The van der Waals surface area contributed by atoms with E-state index >= 15 is 0 Å². The zero-order valence-electron chi connectivity index (χ0n) is 24.2. The van der Waals surface area contributed by atoms with E-state index in [-0.39, 0.29) is 32.6 Å². The molecule has 3 N–H and O–H groups in total. The smallest absolute Gasteiger partial charge is 0.462 e. The number of hydrogen-bond acceptors (Lipinski definition) is 8. The standard InChI is InChI=1S/C28H56NO8P/c1-3-5-7-9-10-11-12-13-14-15-17-19-21-28(31)37-26(25-36-38(32,33)35-23-22-29)24-34-27(30)20-18-16-8-6-4-2/h26H,3-25,29H2,1-2H3,(H,32,33)/t26-/m1/s1. The van der Waals surface area contributed by atoms with Gasteiger partial charge in [0.15, 0.2) is 6.10 Å². The number of carbonyl (C=O) groups is 2. The van der Waals surface area contributed by atoms with E-state index < -0.39 is 32.5 Å². The molecule has 0 aromatic carbocycles. The van der Waals surface area contributed by atoms with Crippen molar-refractivity contribution >= 4 is 19.8 Å². The van der Waals surface area contributed by atoms with Crippen LogP contribution in [0, 0.1) is 0 Å². The Morgan fingerprint density at radius 3 is 1.61 bits per heavy atom. The Morgan fingerprint density at radius 1 is 0.684 bits per heavy atom. The molecule has 0 spiro atoms. The predicted octanol–water partition coefficient (Wildman–Crippen LogP) is 6.99. The van der Waals surface area contributed by atoms with E-state index in [4.69, 9.17) is 24.3 Å². The van der Waals surface area contributed by atoms with Gasteiger partial charge in [-0.25, -0.2) is 4.57 Å². The van der Waals surface area contributed by atoms with Crippen LogP contribution in [0.1, 0.15) is 136 Å². The quantitative estimate of drug-likeness (QED) is 0.0585. The molecule has 0 radical (unpaired) electrons. The van der Waals surface area contributed by atoms with Gasteiger partial charge in [0.25, 0.3) is 0 Å². The summed E-state index contributed by atoms with van der Waals surface area (Å²) in [6, 6.07) is 0. The lowest BCUT2D eigenvalue weighted by molar-refractivity contribution is -0.161. The monoisotopic (exact) mass is 565 g/mol. The minimum absolute atomic E-state index is 0.0568. The highest BCUT2D eigenvalue weighted by atomic mass is 31.2. The van der Waals surface area contributed by atoms with Crippen molar-refractivity contribution in [3.05, 3.63) is 0 Å². The topological polar surface area (TPSA) is 134 Å². The summed E-state index contributed by atoms with van der Waals surface area (Å²) < 4.78 is 32.2. The first-order valence-corrected chi connectivity index (χ1v) is 16.5. The van der Waals surface area contributed by atoms with E-state index in [0.717, 1.165) is 44.9 Å². The van der Waals surface area contributed by atoms with Crippen LogP contribution in [-0.2, 0) is 32.7 Å². The van der Waals surface area contributed by atoms with Gasteiger partial charge in [0.1, 0.15) is 6.61 Å². The SMILES string of the molecule is CCCCCCCCCCCCCCC(=O)O[C@H](COC(=O)CCCCCCC)COP(=O)(O)OCCN. The Kier molecular flexibility index (Phi) is 25.6. The minimum atomic E-state index is -4.34. The molecule has 9 nitrogen and oxygen atoms in total. The molecule has 2 atom stereocenters. The van der Waals surface area contributed by atoms with Crippen molar-refractivity contribution in [3.8, 4) is 0 Å². The van der Waals surface area contributed by atoms with Crippen LogP contribution >= 0.6 is 7.82 Å². The molecule has 1 unspecified atom stereocenters. The van der Waals surface area contributed by atoms with Gasteiger partial charge in [-0.2, -0.15) is 0 Å². The van der Waals surface area contributed by atoms with Crippen LogP contribution in [0.25, 0.3) is 0 Å². The number of rotatable bonds is 28. The second kappa shape index (κ2) is 26.2. The number of carbonyl (C=O) groups excluding carboxylic acids is 2. The highest BCUT2D eigenvalue weighted by Crippen LogP contribution is 2.43. The molecule has 0 saturated carbocycles. The second-order valence-corrected chi connectivity index (χ2v) is 11.4. The third-order valence-corrected chi connectivity index (χ3v) is 7.23. The largest absolute Gasteiger partial charge is 0.472 e. The van der Waals surface area contributed by atoms with Gasteiger partial charge in [0.05, 0.1) is 13.2 Å². The first kappa shape index (κ1) is 37.0. The number of phosphoric ester groups is 1. The molecule has 0 aliphatic carbocycles. The molecule has 0 aromatic rings. The van der Waals surface area contributed by atoms with Crippen molar-refractivity contribution in [1.82, 2.24) is 0 Å². The lowest BCUT2D eigenvalue weighted by atomic mass is 10.0. The molecular weight excluding hydrogens is 509 g/mol. The van der Waals surface area contributed by atoms with E-state index in [1.807, 2.05) is 0 Å². The van der Waals surface area contributed by atoms with Crippen molar-refractivity contribution in [2.24, 2.45) is 5.73 Å². The zero-order chi connectivity index (χ0) is 28.3. The van der Waals surface area contributed by atoms with E-state index in [1.54, 1.807) is 0 Å². The van der Waals surface area contributed by atoms with Gasteiger partial charge in [-0.3, -0.25) is 18.6 Å². The number of phosphoric acid groups is 1. The number of esters is 2. The third kappa shape index (κ3) is 25.3. The molecule has 0 fully saturated rings. The molecule has 0 aliphatic rings. The fourth-order valence-corrected chi connectivity index (χ4v) is 4.75. The van der Waals surface area contributed by atoms with Gasteiger partial charge in [0, 0.05) is 19.4 Å². The van der Waals surface area contributed by atoms with Crippen molar-refractivity contribution < 1.29 is 37.6 Å². The first-order chi connectivity index (χ1) is 18.3. The van der Waals surface area contributed by atoms with Crippen molar-refractivity contribution in [2.75, 3.05) is 26.4 Å². The summed E-state index contributed by atoms with van der Waals surface area (Å²) in [6.07, 6.45) is 18.9. The van der Waals surface area contributed by atoms with Crippen LogP contribution in [0.4, 0.5) is 0 Å². The maximum atomic E-state index is 12.4. The molecule has 38 heavy (non-hydrogen) atoms. The number of ether oxygens (including phenoxy) is 2. The highest BCUT2D eigenvalue weighted by Gasteiger charge is 2.25. The number of unbranched alkanes of at least 4 members (excludes halogenated alkanes) is 15. The minimum Gasteiger partial charge on any atom is -0.462 e. The lowest BCUT2D eigenvalue weighted by Gasteiger charge is -2.19. The van der Waals surface area contributed by atoms with E-state index in [1.165, 1.54) is 57.8 Å². The molecule has 0 saturated heterocycles. The normalized spacial score (nSPS) is 13.7. The fourth-order valence-electron chi connectivity index (χ4n) is 3.98. The van der Waals surface area contributed by atoms with E-state index in [0.29, 0.717) is 6.42 Å². The van der Waals surface area contributed by atoms with Crippen molar-refractivity contribution in [2.45, 2.75) is 142 Å². The summed E-state index contributed by atoms with van der Waals surface area (Å²) in [5.74, 6) is -0.841. The molecular formula is C28H56NO8P. The summed E-state index contributed by atoms with van der Waals surface area (Å²) in [4.78, 5) is 34.1. The average Bonchev–Trinajstić information content (AvgIpc) is 2.89. The summed E-state index contributed by atoms with van der Waals surface area (Å²) >= 11 is 0. The molecule has 10 heteroatoms. The maximum Gasteiger partial charge on any atom is 0.472 e. The van der Waals surface area contributed by atoms with Gasteiger partial charge in [-0.15, -0.1) is 0 Å². The Bertz CT molecular complexity index is 620. The Labute approximate surface area is 231 Å². The second-order valence-electron chi connectivity index (χ2n) is 9.98. The van der Waals surface area contributed by atoms with Gasteiger partial charge >= 0.3 is 19.8 Å². The first-order valence-electron chi connectivity index (χ1n) is 15.0. The molecule has 0 aromatic heterocycles. The summed E-state index contributed by atoms with van der Waals surface area (Å²) in [5.41, 5.74) is 5.28. The van der Waals surface area contributed by atoms with Crippen molar-refractivity contribution in [3.63, 3.8) is 0 Å². The van der Waals surface area contributed by atoms with Crippen LogP contribution in [0.2, 0.25) is 0 Å². The molecule has 0 heterocycles. The van der Waals surface area contributed by atoms with Gasteiger partial charge < -0.3 is 20.1 Å². The number of hydrogen-bond donors (Lipinski definition) is 2. The fraction of sp³-hybridized carbons (Fsp3) is 0.929. The lowest BCUT2D eigenvalue weighted by Crippen LogP contribution is -2.29. The zero-order valence-corrected chi connectivity index (χ0v) is 25.1. The highest BCUT2D eigenvalue weighted by molar-refractivity contribution is 7.47. The van der Waals surface area contributed by atoms with E-state index in [9.17, 15) is 19.0 Å². The van der Waals surface area contributed by atoms with Crippen LogP contribution in [0.15, 0.2) is 0 Å². The summed E-state index contributed by atoms with van der Waals surface area (Å²) in [7, 11) is -4.34. The van der Waals surface area contributed by atoms with Gasteiger partial charge in [-0.1, -0.05) is 110 Å². The van der Waals surface area contributed by atoms with Crippen LogP contribution in [0.5, 0.6) is 0 Å². The molecule has 0 aliphatic heterocycles. The van der Waals surface area contributed by atoms with Crippen LogP contribution < -0.4 is 5.73 Å². The average molecular weight is 566 g/mol. The Balaban J connectivity index is 4.27. The summed E-state index contributed by atoms with van der Waals surface area (Å²) in [6.45, 7) is 3.60. The van der Waals surface area contributed by atoms with E-state index in [2.05, 4.69) is 13.8 Å². The molecule has 0 amide bonds. The van der Waals surface area contributed by atoms with Crippen molar-refractivity contribution in [1.29, 1.82) is 0 Å². The van der Waals surface area contributed by atoms with Crippen LogP contribution in [-0.4, -0.2) is 49.3 Å². The predicted molar refractivity (Wildman–Crippen MR) is 151 cm³/mol. The molecule has 226 valence electrons. The van der Waals surface area contributed by atoms with Gasteiger partial charge in [0.2, 0.25) is 0 Å². The Morgan fingerprint density at radius 2 is 1.13 bits per heavy atom. The molecule has 0 bridgehead atoms. The van der Waals surface area contributed by atoms with Crippen LogP contribution in [0.3, 0.4) is 0 Å². The Hall–Kier alpha value is -0.990. The van der Waals surface area contributed by atoms with Gasteiger partial charge in [-0.05, 0) is 12.8 Å². The third-order valence-electron chi connectivity index (χ3n) is 6.24. The number of nitrogens with two attached hydrogens (primary N) is 1. The summed E-state index contributed by atoms with van der Waals surface area (Å²) in [5, 5.41) is 0. The molecule has 0 rings (SSSR count).